The zero-order chi connectivity index (χ0) is 25.4. The zero-order valence-corrected chi connectivity index (χ0v) is 19.7. The van der Waals surface area contributed by atoms with Gasteiger partial charge in [0.2, 0.25) is 0 Å². The number of fused-ring (bicyclic) bond motifs is 1. The minimum Gasteiger partial charge on any atom is -0.335 e. The average molecular weight is 511 g/mol. The van der Waals surface area contributed by atoms with Gasteiger partial charge in [0.15, 0.2) is 0 Å². The third kappa shape index (κ3) is 4.44. The fourth-order valence-electron chi connectivity index (χ4n) is 4.27. The third-order valence-electron chi connectivity index (χ3n) is 6.17. The molecule has 0 saturated carbocycles. The van der Waals surface area contributed by atoms with Crippen molar-refractivity contribution in [2.45, 2.75) is 6.54 Å². The van der Waals surface area contributed by atoms with Crippen LogP contribution in [0.5, 0.6) is 0 Å². The lowest BCUT2D eigenvalue weighted by Crippen LogP contribution is -2.50. The first-order valence-electron chi connectivity index (χ1n) is 11.1. The molecule has 1 N–H and O–H groups in total. The number of halogens is 2. The van der Waals surface area contributed by atoms with Gasteiger partial charge in [-0.15, -0.1) is 11.3 Å². The number of H-pyrrole nitrogens is 1. The van der Waals surface area contributed by atoms with Crippen LogP contribution in [0.1, 0.15) is 25.6 Å². The van der Waals surface area contributed by atoms with Crippen LogP contribution < -0.4 is 11.2 Å². The molecule has 0 unspecified atom stereocenters. The van der Waals surface area contributed by atoms with E-state index >= 15 is 0 Å². The normalized spacial score (nSPS) is 13.8. The summed E-state index contributed by atoms with van der Waals surface area (Å²) in [6, 6.07) is 10.9. The van der Waals surface area contributed by atoms with Crippen molar-refractivity contribution in [2.24, 2.45) is 0 Å². The fraction of sp³-hybridized carbons (Fsp3) is 0.200. The lowest BCUT2D eigenvalue weighted by molar-refractivity contribution is 0.0538. The molecule has 36 heavy (non-hydrogen) atoms. The van der Waals surface area contributed by atoms with Crippen LogP contribution in [-0.4, -0.2) is 57.3 Å². The van der Waals surface area contributed by atoms with Gasteiger partial charge in [-0.3, -0.25) is 23.9 Å². The standard InChI is InChI=1S/C25H20F2N4O4S/c26-17-4-6-20-18(13-17)22(32)28-25(35)31(20)14-16-12-15(3-5-19(16)27)23(33)29-7-9-30(10-8-29)24(34)21-2-1-11-36-21/h1-6,11-13H,7-10,14H2,(H,28,32,35). The van der Waals surface area contributed by atoms with E-state index in [0.29, 0.717) is 31.1 Å². The van der Waals surface area contributed by atoms with E-state index < -0.39 is 22.9 Å². The number of hydrogen-bond donors (Lipinski definition) is 1. The molecule has 1 fully saturated rings. The molecule has 0 atom stereocenters. The summed E-state index contributed by atoms with van der Waals surface area (Å²) in [5, 5.41) is 1.79. The van der Waals surface area contributed by atoms with Gasteiger partial charge in [0.1, 0.15) is 11.6 Å². The van der Waals surface area contributed by atoms with E-state index in [1.807, 2.05) is 11.4 Å². The summed E-state index contributed by atoms with van der Waals surface area (Å²) in [4.78, 5) is 56.3. The van der Waals surface area contributed by atoms with Crippen LogP contribution in [0.25, 0.3) is 10.9 Å². The number of carbonyl (C=O) groups excluding carboxylic acids is 2. The first kappa shape index (κ1) is 23.6. The van der Waals surface area contributed by atoms with E-state index in [1.54, 1.807) is 15.9 Å². The van der Waals surface area contributed by atoms with Crippen LogP contribution in [0, 0.1) is 11.6 Å². The molecule has 0 bridgehead atoms. The molecule has 4 aromatic rings. The predicted molar refractivity (Wildman–Crippen MR) is 130 cm³/mol. The minimum atomic E-state index is -0.776. The van der Waals surface area contributed by atoms with Crippen LogP contribution >= 0.6 is 11.3 Å². The molecule has 0 spiro atoms. The van der Waals surface area contributed by atoms with Crippen LogP contribution in [-0.2, 0) is 6.54 Å². The summed E-state index contributed by atoms with van der Waals surface area (Å²) in [5.74, 6) is -1.67. The number of aromatic nitrogens is 2. The van der Waals surface area contributed by atoms with Crippen molar-refractivity contribution in [3.05, 3.63) is 102 Å². The molecule has 0 radical (unpaired) electrons. The molecule has 5 rings (SSSR count). The monoisotopic (exact) mass is 510 g/mol. The van der Waals surface area contributed by atoms with Gasteiger partial charge in [-0.2, -0.15) is 0 Å². The molecule has 0 aliphatic carbocycles. The topological polar surface area (TPSA) is 95.5 Å². The molecule has 3 heterocycles. The maximum absolute atomic E-state index is 14.7. The van der Waals surface area contributed by atoms with E-state index in [4.69, 9.17) is 0 Å². The highest BCUT2D eigenvalue weighted by Crippen LogP contribution is 2.19. The van der Waals surface area contributed by atoms with Gasteiger partial charge >= 0.3 is 5.69 Å². The smallest absolute Gasteiger partial charge is 0.329 e. The first-order chi connectivity index (χ1) is 17.3. The van der Waals surface area contributed by atoms with Crippen molar-refractivity contribution in [1.29, 1.82) is 0 Å². The van der Waals surface area contributed by atoms with Crippen molar-refractivity contribution >= 4 is 34.1 Å². The van der Waals surface area contributed by atoms with Gasteiger partial charge in [0, 0.05) is 37.3 Å². The van der Waals surface area contributed by atoms with Gasteiger partial charge < -0.3 is 9.80 Å². The van der Waals surface area contributed by atoms with Crippen molar-refractivity contribution in [2.75, 3.05) is 26.2 Å². The number of nitrogens with zero attached hydrogens (tertiary/aromatic N) is 3. The zero-order valence-electron chi connectivity index (χ0n) is 18.9. The quantitative estimate of drug-likeness (QED) is 0.457. The van der Waals surface area contributed by atoms with Gasteiger partial charge in [0.05, 0.1) is 22.3 Å². The Morgan fingerprint density at radius 1 is 0.917 bits per heavy atom. The van der Waals surface area contributed by atoms with Crippen LogP contribution in [0.2, 0.25) is 0 Å². The Morgan fingerprint density at radius 3 is 2.33 bits per heavy atom. The summed E-state index contributed by atoms with van der Waals surface area (Å²) in [6.45, 7) is 1.15. The van der Waals surface area contributed by atoms with Crippen molar-refractivity contribution < 1.29 is 18.4 Å². The van der Waals surface area contributed by atoms with Gasteiger partial charge in [-0.05, 0) is 47.8 Å². The molecule has 8 nitrogen and oxygen atoms in total. The number of hydrogen-bond acceptors (Lipinski definition) is 5. The summed E-state index contributed by atoms with van der Waals surface area (Å²) in [6.07, 6.45) is 0. The van der Waals surface area contributed by atoms with Crippen LogP contribution in [0.4, 0.5) is 8.78 Å². The number of piperazine rings is 1. The molecule has 1 aliphatic rings. The summed E-state index contributed by atoms with van der Waals surface area (Å²) >= 11 is 1.37. The number of nitrogens with one attached hydrogen (secondary N) is 1. The number of carbonyl (C=O) groups is 2. The number of benzene rings is 2. The molecule has 11 heteroatoms. The summed E-state index contributed by atoms with van der Waals surface area (Å²) < 4.78 is 29.5. The Hall–Kier alpha value is -4.12. The van der Waals surface area contributed by atoms with Crippen molar-refractivity contribution in [3.8, 4) is 0 Å². The second-order valence-electron chi connectivity index (χ2n) is 8.37. The first-order valence-corrected chi connectivity index (χ1v) is 12.0. The summed E-state index contributed by atoms with van der Waals surface area (Å²) in [7, 11) is 0. The van der Waals surface area contributed by atoms with Crippen LogP contribution in [0.15, 0.2) is 63.5 Å². The van der Waals surface area contributed by atoms with Crippen molar-refractivity contribution in [1.82, 2.24) is 19.4 Å². The molecule has 2 aromatic heterocycles. The number of aromatic amines is 1. The lowest BCUT2D eigenvalue weighted by atomic mass is 10.1. The van der Waals surface area contributed by atoms with Crippen molar-refractivity contribution in [3.63, 3.8) is 0 Å². The van der Waals surface area contributed by atoms with E-state index in [0.717, 1.165) is 22.8 Å². The minimum absolute atomic E-state index is 0.0443. The largest absolute Gasteiger partial charge is 0.335 e. The average Bonchev–Trinajstić information content (AvgIpc) is 3.42. The Morgan fingerprint density at radius 2 is 1.64 bits per heavy atom. The van der Waals surface area contributed by atoms with E-state index in [1.165, 1.54) is 29.5 Å². The van der Waals surface area contributed by atoms with E-state index in [2.05, 4.69) is 4.98 Å². The molecule has 184 valence electrons. The van der Waals surface area contributed by atoms with Gasteiger partial charge in [-0.1, -0.05) is 6.07 Å². The van der Waals surface area contributed by atoms with E-state index in [-0.39, 0.29) is 40.4 Å². The molecular weight excluding hydrogens is 490 g/mol. The maximum atomic E-state index is 14.7. The van der Waals surface area contributed by atoms with Crippen LogP contribution in [0.3, 0.4) is 0 Å². The number of amides is 2. The fourth-order valence-corrected chi connectivity index (χ4v) is 4.97. The van der Waals surface area contributed by atoms with Gasteiger partial charge in [0.25, 0.3) is 17.4 Å². The number of rotatable bonds is 4. The maximum Gasteiger partial charge on any atom is 0.329 e. The Kier molecular flexibility index (Phi) is 6.23. The van der Waals surface area contributed by atoms with Gasteiger partial charge in [-0.25, -0.2) is 13.6 Å². The molecular formula is C25H20F2N4O4S. The summed E-state index contributed by atoms with van der Waals surface area (Å²) in [5.41, 5.74) is -1.08. The molecule has 1 saturated heterocycles. The molecule has 2 aromatic carbocycles. The lowest BCUT2D eigenvalue weighted by Gasteiger charge is -2.34. The Labute approximate surface area is 207 Å². The highest BCUT2D eigenvalue weighted by atomic mass is 32.1. The Bertz CT molecular complexity index is 1590. The Balaban J connectivity index is 1.37. The highest BCUT2D eigenvalue weighted by Gasteiger charge is 2.26. The van der Waals surface area contributed by atoms with E-state index in [9.17, 15) is 28.0 Å². The highest BCUT2D eigenvalue weighted by molar-refractivity contribution is 7.12. The predicted octanol–water partition coefficient (Wildman–Crippen LogP) is 2.68. The second kappa shape index (κ2) is 9.50. The molecule has 2 amide bonds. The third-order valence-corrected chi connectivity index (χ3v) is 7.02. The SMILES string of the molecule is O=C(c1ccc(F)c(Cn2c(=O)[nH]c(=O)c3cc(F)ccc32)c1)N1CCN(C(=O)c2cccs2)CC1. The molecule has 1 aliphatic heterocycles. The second-order valence-corrected chi connectivity index (χ2v) is 9.32. The number of thiophene rings is 1.